The van der Waals surface area contributed by atoms with Gasteiger partial charge in [-0.2, -0.15) is 0 Å². The second kappa shape index (κ2) is 10.8. The Bertz CT molecular complexity index is 1500. The maximum Gasteiger partial charge on any atom is 0.226 e. The van der Waals surface area contributed by atoms with Gasteiger partial charge in [-0.15, -0.1) is 0 Å². The summed E-state index contributed by atoms with van der Waals surface area (Å²) in [4.78, 5) is 20.1. The molecule has 2 fully saturated rings. The molecule has 1 saturated carbocycles. The number of anilines is 1. The number of pyridine rings is 1. The fraction of sp³-hybridized carbons (Fsp3) is 0.344. The maximum atomic E-state index is 13.2. The lowest BCUT2D eigenvalue weighted by Gasteiger charge is -2.28. The summed E-state index contributed by atoms with van der Waals surface area (Å²) in [7, 11) is 0. The molecule has 3 heterocycles. The van der Waals surface area contributed by atoms with Crippen LogP contribution in [0.4, 0.5) is 5.69 Å². The van der Waals surface area contributed by atoms with Gasteiger partial charge in [-0.05, 0) is 74.1 Å². The minimum atomic E-state index is -0.0858. The molecular formula is C32H35N5OS. The predicted octanol–water partition coefficient (Wildman–Crippen LogP) is 6.77. The summed E-state index contributed by atoms with van der Waals surface area (Å²) in [5, 5.41) is 9.50. The van der Waals surface area contributed by atoms with Crippen molar-refractivity contribution in [2.75, 3.05) is 11.9 Å². The molecule has 1 amide bonds. The lowest BCUT2D eigenvalue weighted by atomic mass is 9.96. The van der Waals surface area contributed by atoms with Crippen LogP contribution in [0.5, 0.6) is 0 Å². The third-order valence-corrected chi connectivity index (χ3v) is 8.73. The molecule has 4 aromatic rings. The maximum absolute atomic E-state index is 13.2. The van der Waals surface area contributed by atoms with Crippen molar-refractivity contribution < 1.29 is 4.79 Å². The number of aryl methyl sites for hydroxylation is 1. The van der Waals surface area contributed by atoms with E-state index in [0.717, 1.165) is 22.2 Å². The van der Waals surface area contributed by atoms with E-state index in [1.807, 2.05) is 48.7 Å². The van der Waals surface area contributed by atoms with Crippen molar-refractivity contribution in [1.29, 1.82) is 0 Å². The van der Waals surface area contributed by atoms with E-state index in [4.69, 9.17) is 12.2 Å². The summed E-state index contributed by atoms with van der Waals surface area (Å²) in [6.45, 7) is 4.97. The third kappa shape index (κ3) is 4.91. The minimum Gasteiger partial charge on any atom is -0.352 e. The zero-order chi connectivity index (χ0) is 26.9. The predicted molar refractivity (Wildman–Crippen MR) is 161 cm³/mol. The molecule has 1 aliphatic heterocycles. The average molecular weight is 538 g/mol. The molecule has 0 radical (unpaired) electrons. The Balaban J connectivity index is 1.28. The minimum absolute atomic E-state index is 0.0226. The first-order valence-electron chi connectivity index (χ1n) is 14.0. The van der Waals surface area contributed by atoms with Gasteiger partial charge in [0.05, 0.1) is 17.8 Å². The fourth-order valence-corrected chi connectivity index (χ4v) is 6.91. The molecule has 2 aromatic carbocycles. The molecule has 2 aliphatic rings. The topological polar surface area (TPSA) is 62.2 Å². The van der Waals surface area contributed by atoms with Crippen molar-refractivity contribution in [2.45, 2.75) is 64.1 Å². The molecule has 39 heavy (non-hydrogen) atoms. The van der Waals surface area contributed by atoms with Crippen LogP contribution in [0.2, 0.25) is 0 Å². The van der Waals surface area contributed by atoms with Gasteiger partial charge in [-0.3, -0.25) is 9.78 Å². The van der Waals surface area contributed by atoms with E-state index < -0.39 is 0 Å². The zero-order valence-electron chi connectivity index (χ0n) is 22.6. The monoisotopic (exact) mass is 537 g/mol. The van der Waals surface area contributed by atoms with Crippen LogP contribution in [0.15, 0.2) is 72.9 Å². The fourth-order valence-electron chi connectivity index (χ4n) is 6.58. The highest BCUT2D eigenvalue weighted by atomic mass is 32.1. The van der Waals surface area contributed by atoms with E-state index >= 15 is 0 Å². The smallest absolute Gasteiger partial charge is 0.226 e. The molecule has 6 nitrogen and oxygen atoms in total. The van der Waals surface area contributed by atoms with Gasteiger partial charge < -0.3 is 20.1 Å². The van der Waals surface area contributed by atoms with Crippen LogP contribution in [0.3, 0.4) is 0 Å². The van der Waals surface area contributed by atoms with Crippen molar-refractivity contribution >= 4 is 39.7 Å². The highest BCUT2D eigenvalue weighted by molar-refractivity contribution is 7.80. The summed E-state index contributed by atoms with van der Waals surface area (Å²) >= 11 is 5.88. The first kappa shape index (κ1) is 25.6. The van der Waals surface area contributed by atoms with Crippen LogP contribution < -0.4 is 10.6 Å². The number of carbonyl (C=O) groups is 1. The summed E-state index contributed by atoms with van der Waals surface area (Å²) in [6, 6.07) is 22.9. The Morgan fingerprint density at radius 1 is 1.05 bits per heavy atom. The Kier molecular flexibility index (Phi) is 7.09. The second-order valence-corrected chi connectivity index (χ2v) is 11.2. The number of benzene rings is 2. The third-order valence-electron chi connectivity index (χ3n) is 8.37. The Morgan fingerprint density at radius 2 is 1.82 bits per heavy atom. The molecule has 2 atom stereocenters. The Hall–Kier alpha value is -3.71. The number of hydrogen-bond acceptors (Lipinski definition) is 3. The van der Waals surface area contributed by atoms with E-state index in [-0.39, 0.29) is 18.0 Å². The number of rotatable bonds is 7. The number of amides is 1. The summed E-state index contributed by atoms with van der Waals surface area (Å²) in [6.07, 6.45) is 7.22. The summed E-state index contributed by atoms with van der Waals surface area (Å²) < 4.78 is 2.53. The number of thiocarbonyl (C=S) groups is 1. The van der Waals surface area contributed by atoms with E-state index in [0.29, 0.717) is 24.1 Å². The van der Waals surface area contributed by atoms with Crippen molar-refractivity contribution in [3.05, 3.63) is 95.6 Å². The molecule has 2 N–H and O–H groups in total. The number of nitrogens with one attached hydrogen (secondary N) is 2. The highest BCUT2D eigenvalue weighted by Crippen LogP contribution is 2.43. The van der Waals surface area contributed by atoms with Gasteiger partial charge in [-0.1, -0.05) is 55.3 Å². The van der Waals surface area contributed by atoms with Gasteiger partial charge in [0.15, 0.2) is 5.11 Å². The van der Waals surface area contributed by atoms with Crippen LogP contribution in [-0.2, 0) is 4.79 Å². The number of aromatic nitrogens is 2. The molecule has 7 heteroatoms. The lowest BCUT2D eigenvalue weighted by molar-refractivity contribution is -0.116. The van der Waals surface area contributed by atoms with E-state index in [1.54, 1.807) is 0 Å². The number of fused-ring (bicyclic) bond motifs is 1. The Morgan fingerprint density at radius 3 is 2.62 bits per heavy atom. The van der Waals surface area contributed by atoms with Crippen molar-refractivity contribution in [2.24, 2.45) is 0 Å². The molecule has 1 aliphatic carbocycles. The molecular weight excluding hydrogens is 502 g/mol. The van der Waals surface area contributed by atoms with Crippen molar-refractivity contribution in [1.82, 2.24) is 19.8 Å². The molecule has 1 saturated heterocycles. The van der Waals surface area contributed by atoms with Gasteiger partial charge in [-0.25, -0.2) is 0 Å². The molecule has 2 aromatic heterocycles. The van der Waals surface area contributed by atoms with Gasteiger partial charge >= 0.3 is 0 Å². The molecule has 0 bridgehead atoms. The largest absolute Gasteiger partial charge is 0.352 e. The molecule has 0 spiro atoms. The first-order valence-corrected chi connectivity index (χ1v) is 14.4. The molecule has 6 rings (SSSR count). The van der Waals surface area contributed by atoms with Gasteiger partial charge in [0.25, 0.3) is 0 Å². The van der Waals surface area contributed by atoms with Crippen molar-refractivity contribution in [3.63, 3.8) is 0 Å². The van der Waals surface area contributed by atoms with Crippen LogP contribution in [0, 0.1) is 13.8 Å². The van der Waals surface area contributed by atoms with E-state index in [2.05, 4.69) is 63.2 Å². The zero-order valence-corrected chi connectivity index (χ0v) is 23.4. The van der Waals surface area contributed by atoms with E-state index in [1.165, 1.54) is 42.6 Å². The second-order valence-electron chi connectivity index (χ2n) is 10.8. The summed E-state index contributed by atoms with van der Waals surface area (Å²) in [5.41, 5.74) is 5.64. The number of nitrogens with zero attached hydrogens (tertiary/aromatic N) is 3. The summed E-state index contributed by atoms with van der Waals surface area (Å²) in [5.74, 6) is -0.0226. The Labute approximate surface area is 235 Å². The molecule has 200 valence electrons. The van der Waals surface area contributed by atoms with Gasteiger partial charge in [0.1, 0.15) is 0 Å². The lowest BCUT2D eigenvalue weighted by Crippen LogP contribution is -2.33. The van der Waals surface area contributed by atoms with Gasteiger partial charge in [0.2, 0.25) is 5.91 Å². The van der Waals surface area contributed by atoms with Crippen LogP contribution in [0.1, 0.15) is 72.9 Å². The quantitative estimate of drug-likeness (QED) is 0.255. The van der Waals surface area contributed by atoms with Crippen molar-refractivity contribution in [3.8, 4) is 0 Å². The standard InChI is InChI=1S/C32H35N5OS/c1-21-20-26(22(2)37(21)24-12-4-5-13-24)31-30(28-15-7-8-18-33-28)35-32(39)36(31)19-17-29(38)34-27-16-9-11-23-10-3-6-14-25(23)27/h3,6-11,14-16,18,20,24,30-31H,4-5,12-13,17,19H2,1-2H3,(H,34,38)(H,35,39)/t30-,31+/m0/s1. The highest BCUT2D eigenvalue weighted by Gasteiger charge is 2.41. The normalized spacial score (nSPS) is 19.5. The van der Waals surface area contributed by atoms with Gasteiger partial charge in [0, 0.05) is 47.7 Å². The van der Waals surface area contributed by atoms with E-state index in [9.17, 15) is 4.79 Å². The first-order chi connectivity index (χ1) is 19.0. The van der Waals surface area contributed by atoms with Crippen LogP contribution in [0.25, 0.3) is 10.8 Å². The SMILES string of the molecule is Cc1cc([C@@H]2[C@H](c3ccccn3)NC(=S)N2CCC(=O)Nc2cccc3ccccc23)c(C)n1C1CCCC1. The van der Waals surface area contributed by atoms with Crippen LogP contribution in [-0.4, -0.2) is 32.0 Å². The number of hydrogen-bond donors (Lipinski definition) is 2. The van der Waals surface area contributed by atoms with Crippen LogP contribution >= 0.6 is 12.2 Å². The average Bonchev–Trinajstić information content (AvgIpc) is 3.66. The molecule has 0 unspecified atom stereocenters. The number of carbonyl (C=O) groups excluding carboxylic acids is 1.